The van der Waals surface area contributed by atoms with Crippen molar-refractivity contribution in [2.24, 2.45) is 5.73 Å². The third-order valence-corrected chi connectivity index (χ3v) is 1.24. The van der Waals surface area contributed by atoms with Gasteiger partial charge in [-0.25, -0.2) is 0 Å². The number of nitrogens with two attached hydrogens (primary N) is 1. The summed E-state index contributed by atoms with van der Waals surface area (Å²) in [5, 5.41) is 3.36. The van der Waals surface area contributed by atoms with Crippen molar-refractivity contribution >= 4 is 0 Å². The van der Waals surface area contributed by atoms with Crippen molar-refractivity contribution < 1.29 is 4.74 Å². The Balaban J connectivity index is 3.02. The summed E-state index contributed by atoms with van der Waals surface area (Å²) in [7, 11) is 0. The molecule has 0 spiro atoms. The molecule has 11 heavy (non-hydrogen) atoms. The summed E-state index contributed by atoms with van der Waals surface area (Å²) in [5.74, 6) is 0. The lowest BCUT2D eigenvalue weighted by molar-refractivity contribution is 0.137. The van der Waals surface area contributed by atoms with Gasteiger partial charge in [0.15, 0.2) is 0 Å². The van der Waals surface area contributed by atoms with Gasteiger partial charge in [0, 0.05) is 12.1 Å². The predicted octanol–water partition coefficient (Wildman–Crippen LogP) is 0.697. The van der Waals surface area contributed by atoms with Crippen molar-refractivity contribution in [3.05, 3.63) is 0 Å². The summed E-state index contributed by atoms with van der Waals surface area (Å²) < 4.78 is 4.99. The Kier molecular flexibility index (Phi) is 5.46. The van der Waals surface area contributed by atoms with Gasteiger partial charge in [-0.05, 0) is 33.7 Å². The van der Waals surface area contributed by atoms with Crippen molar-refractivity contribution in [1.82, 2.24) is 5.32 Å². The van der Waals surface area contributed by atoms with Gasteiger partial charge in [0.05, 0.1) is 6.73 Å². The van der Waals surface area contributed by atoms with E-state index in [9.17, 15) is 0 Å². The van der Waals surface area contributed by atoms with Crippen LogP contribution in [0.2, 0.25) is 0 Å². The molecule has 0 unspecified atom stereocenters. The first-order valence-corrected chi connectivity index (χ1v) is 4.09. The third-order valence-electron chi connectivity index (χ3n) is 1.24. The molecular formula is C8H20N2O. The van der Waals surface area contributed by atoms with E-state index in [1.807, 2.05) is 0 Å². The van der Waals surface area contributed by atoms with E-state index in [1.165, 1.54) is 0 Å². The third kappa shape index (κ3) is 9.88. The van der Waals surface area contributed by atoms with Gasteiger partial charge in [0.25, 0.3) is 0 Å². The second-order valence-corrected chi connectivity index (χ2v) is 3.61. The Morgan fingerprint density at radius 3 is 2.45 bits per heavy atom. The van der Waals surface area contributed by atoms with E-state index in [1.54, 1.807) is 0 Å². The van der Waals surface area contributed by atoms with Gasteiger partial charge in [0.1, 0.15) is 0 Å². The fourth-order valence-electron chi connectivity index (χ4n) is 0.721. The highest BCUT2D eigenvalue weighted by Gasteiger charge is 2.06. The van der Waals surface area contributed by atoms with Crippen LogP contribution in [0.5, 0.6) is 0 Å². The van der Waals surface area contributed by atoms with Gasteiger partial charge in [-0.2, -0.15) is 0 Å². The summed E-state index contributed by atoms with van der Waals surface area (Å²) in [6.07, 6.45) is 1.02. The molecule has 68 valence electrons. The average molecular weight is 160 g/mol. The molecule has 0 amide bonds. The van der Waals surface area contributed by atoms with E-state index in [2.05, 4.69) is 26.1 Å². The molecule has 0 radical (unpaired) electrons. The molecule has 0 aliphatic heterocycles. The minimum Gasteiger partial charge on any atom is -0.366 e. The van der Waals surface area contributed by atoms with Crippen LogP contribution < -0.4 is 11.1 Å². The Morgan fingerprint density at radius 2 is 2.00 bits per heavy atom. The second-order valence-electron chi connectivity index (χ2n) is 3.61. The molecule has 0 aromatic carbocycles. The van der Waals surface area contributed by atoms with Crippen LogP contribution in [0.4, 0.5) is 0 Å². The maximum Gasteiger partial charge on any atom is 0.0940 e. The van der Waals surface area contributed by atoms with Crippen LogP contribution in [0.1, 0.15) is 27.2 Å². The number of hydrogen-bond donors (Lipinski definition) is 2. The van der Waals surface area contributed by atoms with Gasteiger partial charge in [0.2, 0.25) is 0 Å². The van der Waals surface area contributed by atoms with Crippen LogP contribution in [0.3, 0.4) is 0 Å². The summed E-state index contributed by atoms with van der Waals surface area (Å²) in [4.78, 5) is 0. The molecule has 3 nitrogen and oxygen atoms in total. The van der Waals surface area contributed by atoms with E-state index < -0.39 is 0 Å². The largest absolute Gasteiger partial charge is 0.366 e. The van der Waals surface area contributed by atoms with E-state index in [0.29, 0.717) is 6.73 Å². The molecule has 0 bridgehead atoms. The van der Waals surface area contributed by atoms with Crippen molar-refractivity contribution in [1.29, 1.82) is 0 Å². The molecule has 0 heterocycles. The van der Waals surface area contributed by atoms with Crippen molar-refractivity contribution in [3.8, 4) is 0 Å². The molecule has 0 rings (SSSR count). The minimum absolute atomic E-state index is 0.211. The molecule has 0 aromatic rings. The van der Waals surface area contributed by atoms with Crippen LogP contribution >= 0.6 is 0 Å². The monoisotopic (exact) mass is 160 g/mol. The van der Waals surface area contributed by atoms with E-state index in [-0.39, 0.29) is 5.54 Å². The summed E-state index contributed by atoms with van der Waals surface area (Å²) >= 11 is 0. The fourth-order valence-corrected chi connectivity index (χ4v) is 0.721. The lowest BCUT2D eigenvalue weighted by Crippen LogP contribution is -2.36. The van der Waals surface area contributed by atoms with Gasteiger partial charge in [-0.1, -0.05) is 0 Å². The Hall–Kier alpha value is -0.120. The highest BCUT2D eigenvalue weighted by molar-refractivity contribution is 4.69. The molecular weight excluding hydrogens is 140 g/mol. The zero-order valence-electron chi connectivity index (χ0n) is 7.81. The predicted molar refractivity (Wildman–Crippen MR) is 47.4 cm³/mol. The summed E-state index contributed by atoms with van der Waals surface area (Å²) in [6, 6.07) is 0. The van der Waals surface area contributed by atoms with Crippen LogP contribution in [-0.2, 0) is 4.74 Å². The molecule has 0 aliphatic carbocycles. The van der Waals surface area contributed by atoms with Gasteiger partial charge in [-0.3, -0.25) is 0 Å². The van der Waals surface area contributed by atoms with Crippen LogP contribution in [0.25, 0.3) is 0 Å². The first kappa shape index (κ1) is 10.9. The number of nitrogens with one attached hydrogen (secondary N) is 1. The molecule has 0 fully saturated rings. The fraction of sp³-hybridized carbons (Fsp3) is 1.00. The maximum atomic E-state index is 5.15. The number of hydrogen-bond acceptors (Lipinski definition) is 3. The van der Waals surface area contributed by atoms with Gasteiger partial charge < -0.3 is 15.8 Å². The smallest absolute Gasteiger partial charge is 0.0940 e. The van der Waals surface area contributed by atoms with Gasteiger partial charge >= 0.3 is 0 Å². The van der Waals surface area contributed by atoms with Crippen LogP contribution in [0, 0.1) is 0 Å². The number of rotatable bonds is 5. The first-order chi connectivity index (χ1) is 5.06. The quantitative estimate of drug-likeness (QED) is 0.459. The Morgan fingerprint density at radius 1 is 1.36 bits per heavy atom. The molecule has 0 saturated heterocycles. The summed E-state index contributed by atoms with van der Waals surface area (Å²) in [6.45, 7) is 8.52. The zero-order valence-corrected chi connectivity index (χ0v) is 7.81. The van der Waals surface area contributed by atoms with E-state index in [4.69, 9.17) is 10.5 Å². The Labute approximate surface area is 69.3 Å². The zero-order chi connectivity index (χ0) is 8.74. The Bertz CT molecular complexity index is 88.6. The first-order valence-electron chi connectivity index (χ1n) is 4.09. The van der Waals surface area contributed by atoms with Crippen molar-refractivity contribution in [3.63, 3.8) is 0 Å². The molecule has 0 atom stereocenters. The number of ether oxygens (including phenoxy) is 1. The standard InChI is InChI=1S/C8H20N2O/c1-8(2,3)10-5-4-6-11-7-9/h10H,4-7,9H2,1-3H3. The highest BCUT2D eigenvalue weighted by atomic mass is 16.5. The van der Waals surface area contributed by atoms with E-state index >= 15 is 0 Å². The lowest BCUT2D eigenvalue weighted by atomic mass is 10.1. The maximum absolute atomic E-state index is 5.15. The lowest BCUT2D eigenvalue weighted by Gasteiger charge is -2.20. The average Bonchev–Trinajstić information content (AvgIpc) is 1.85. The second kappa shape index (κ2) is 5.52. The van der Waals surface area contributed by atoms with Crippen LogP contribution in [0.15, 0.2) is 0 Å². The topological polar surface area (TPSA) is 47.3 Å². The van der Waals surface area contributed by atoms with Crippen molar-refractivity contribution in [2.45, 2.75) is 32.7 Å². The molecule has 3 N–H and O–H groups in total. The van der Waals surface area contributed by atoms with Crippen LogP contribution in [-0.4, -0.2) is 25.4 Å². The molecule has 0 aromatic heterocycles. The van der Waals surface area contributed by atoms with Gasteiger partial charge in [-0.15, -0.1) is 0 Å². The molecule has 0 saturated carbocycles. The minimum atomic E-state index is 0.211. The summed E-state index contributed by atoms with van der Waals surface area (Å²) in [5.41, 5.74) is 5.36. The SMILES string of the molecule is CC(C)(C)NCCCOCN. The highest BCUT2D eigenvalue weighted by Crippen LogP contribution is 1.97. The molecule has 0 aliphatic rings. The van der Waals surface area contributed by atoms with E-state index in [0.717, 1.165) is 19.6 Å². The molecule has 3 heteroatoms. The normalized spacial score (nSPS) is 12.0. The van der Waals surface area contributed by atoms with Crippen molar-refractivity contribution in [2.75, 3.05) is 19.9 Å².